The van der Waals surface area contributed by atoms with Crippen molar-refractivity contribution in [1.82, 2.24) is 15.3 Å². The lowest BCUT2D eigenvalue weighted by atomic mass is 10.1. The zero-order valence-electron chi connectivity index (χ0n) is 24.3. The smallest absolute Gasteiger partial charge is 0.252 e. The standard InChI is InChI=1S/C25H25N5O2/c1-18-17-30(14-15-32-18)22-8-2-19(3-9-22)16-24-27-12-10-23(29-24)20-4-6-21(7-5-20)25(31)28-13-11-26/h2-10,12,18H,13-17H2,1H3,(H,28,31)/i14D2,15D2,17D2,18D. The summed E-state index contributed by atoms with van der Waals surface area (Å²) >= 11 is 0. The number of nitrogens with one attached hydrogen (secondary N) is 1. The molecular weight excluding hydrogens is 402 g/mol. The lowest BCUT2D eigenvalue weighted by Gasteiger charge is -2.33. The molecule has 0 radical (unpaired) electrons. The number of ether oxygens (including phenoxy) is 1. The van der Waals surface area contributed by atoms with E-state index in [1.165, 1.54) is 12.1 Å². The van der Waals surface area contributed by atoms with Gasteiger partial charge in [0.1, 0.15) is 12.4 Å². The fourth-order valence-corrected chi connectivity index (χ4v) is 3.09. The van der Waals surface area contributed by atoms with E-state index in [0.29, 0.717) is 28.4 Å². The van der Waals surface area contributed by atoms with Crippen LogP contribution < -0.4 is 10.2 Å². The summed E-state index contributed by atoms with van der Waals surface area (Å²) in [5, 5.41) is 11.1. The van der Waals surface area contributed by atoms with Crippen molar-refractivity contribution in [3.63, 3.8) is 0 Å². The largest absolute Gasteiger partial charge is 0.375 e. The molecule has 1 N–H and O–H groups in total. The SMILES string of the molecule is [2H]C1([2H])OC([2H])(C)C([2H])([2H])N(c2ccc(Cc3nccc(-c4ccc(C(=O)NCC#N)cc4)n3)cc2)C1([2H])[2H]. The van der Waals surface area contributed by atoms with E-state index in [1.807, 2.05) is 6.07 Å². The minimum atomic E-state index is -2.94. The molecular formula is C25H25N5O2. The highest BCUT2D eigenvalue weighted by molar-refractivity contribution is 5.94. The van der Waals surface area contributed by atoms with Gasteiger partial charge in [0.25, 0.3) is 5.91 Å². The van der Waals surface area contributed by atoms with Crippen LogP contribution in [0, 0.1) is 11.3 Å². The van der Waals surface area contributed by atoms with Crippen molar-refractivity contribution in [3.8, 4) is 17.3 Å². The number of rotatable bonds is 6. The first-order valence-electron chi connectivity index (χ1n) is 13.4. The van der Waals surface area contributed by atoms with Crippen LogP contribution in [0.3, 0.4) is 0 Å². The van der Waals surface area contributed by atoms with E-state index >= 15 is 0 Å². The first-order valence-corrected chi connectivity index (χ1v) is 9.86. The maximum absolute atomic E-state index is 12.0. The average molecular weight is 435 g/mol. The molecule has 0 bridgehead atoms. The predicted octanol–water partition coefficient (Wildman–Crippen LogP) is 3.21. The summed E-state index contributed by atoms with van der Waals surface area (Å²) in [7, 11) is 0. The molecule has 4 rings (SSSR count). The minimum Gasteiger partial charge on any atom is -0.375 e. The monoisotopic (exact) mass is 434 g/mol. The van der Waals surface area contributed by atoms with Gasteiger partial charge in [0.05, 0.1) is 34.0 Å². The number of hydrogen-bond donors (Lipinski definition) is 1. The quantitative estimate of drug-likeness (QED) is 0.599. The fourth-order valence-electron chi connectivity index (χ4n) is 3.09. The minimum absolute atomic E-state index is 0.0490. The van der Waals surface area contributed by atoms with Gasteiger partial charge < -0.3 is 15.0 Å². The van der Waals surface area contributed by atoms with Crippen molar-refractivity contribution in [1.29, 1.82) is 5.26 Å². The van der Waals surface area contributed by atoms with Crippen molar-refractivity contribution >= 4 is 11.6 Å². The van der Waals surface area contributed by atoms with Crippen LogP contribution in [0.4, 0.5) is 5.69 Å². The summed E-state index contributed by atoms with van der Waals surface area (Å²) < 4.78 is 62.3. The van der Waals surface area contributed by atoms with E-state index in [-0.39, 0.29) is 18.1 Å². The van der Waals surface area contributed by atoms with E-state index < -0.39 is 25.6 Å². The average Bonchev–Trinajstić information content (AvgIpc) is 2.87. The third kappa shape index (κ3) is 5.29. The van der Waals surface area contributed by atoms with Crippen molar-refractivity contribution in [3.05, 3.63) is 77.7 Å². The van der Waals surface area contributed by atoms with Crippen LogP contribution in [0.2, 0.25) is 0 Å². The lowest BCUT2D eigenvalue weighted by Crippen LogP contribution is -2.41. The molecule has 0 spiro atoms. The molecule has 1 saturated heterocycles. The van der Waals surface area contributed by atoms with Crippen LogP contribution in [0.5, 0.6) is 0 Å². The molecule has 3 aromatic rings. The molecule has 0 saturated carbocycles. The Morgan fingerprint density at radius 3 is 2.81 bits per heavy atom. The first-order chi connectivity index (χ1) is 18.2. The van der Waals surface area contributed by atoms with Crippen LogP contribution in [-0.4, -0.2) is 48.1 Å². The fraction of sp³-hybridized carbons (Fsp3) is 0.280. The van der Waals surface area contributed by atoms with Gasteiger partial charge in [-0.2, -0.15) is 5.26 Å². The number of morpholine rings is 1. The maximum Gasteiger partial charge on any atom is 0.252 e. The Hall–Kier alpha value is -3.76. The molecule has 7 heteroatoms. The maximum atomic E-state index is 12.0. The molecule has 2 aromatic carbocycles. The van der Waals surface area contributed by atoms with E-state index in [2.05, 4.69) is 15.3 Å². The van der Waals surface area contributed by atoms with Crippen LogP contribution >= 0.6 is 0 Å². The summed E-state index contributed by atoms with van der Waals surface area (Å²) in [5.74, 6) is 0.139. The van der Waals surface area contributed by atoms with Gasteiger partial charge in [-0.05, 0) is 42.8 Å². The zero-order valence-corrected chi connectivity index (χ0v) is 17.3. The Kier molecular flexibility index (Phi) is 4.49. The summed E-state index contributed by atoms with van der Waals surface area (Å²) in [6.07, 6.45) is -0.468. The van der Waals surface area contributed by atoms with Crippen LogP contribution in [-0.2, 0) is 11.2 Å². The molecule has 1 atom stereocenters. The third-order valence-corrected chi connectivity index (χ3v) is 4.66. The van der Waals surface area contributed by atoms with Gasteiger partial charge in [0.15, 0.2) is 0 Å². The van der Waals surface area contributed by atoms with E-state index in [0.717, 1.165) is 18.1 Å². The molecule has 1 amide bonds. The predicted molar refractivity (Wildman–Crippen MR) is 122 cm³/mol. The highest BCUT2D eigenvalue weighted by atomic mass is 16.5. The molecule has 7 nitrogen and oxygen atoms in total. The number of carbonyl (C=O) groups excluding carboxylic acids is 1. The summed E-state index contributed by atoms with van der Waals surface area (Å²) in [5.41, 5.74) is 2.60. The Labute approximate surface area is 197 Å². The number of amides is 1. The van der Waals surface area contributed by atoms with Crippen molar-refractivity contribution in [2.24, 2.45) is 0 Å². The molecule has 1 aliphatic heterocycles. The van der Waals surface area contributed by atoms with Gasteiger partial charge in [-0.15, -0.1) is 0 Å². The van der Waals surface area contributed by atoms with E-state index in [1.54, 1.807) is 48.7 Å². The van der Waals surface area contributed by atoms with Gasteiger partial charge in [0, 0.05) is 42.4 Å². The zero-order chi connectivity index (χ0) is 28.6. The van der Waals surface area contributed by atoms with Crippen LogP contribution in [0.15, 0.2) is 60.8 Å². The lowest BCUT2D eigenvalue weighted by molar-refractivity contribution is 0.0532. The van der Waals surface area contributed by atoms with E-state index in [9.17, 15) is 4.79 Å². The van der Waals surface area contributed by atoms with Crippen molar-refractivity contribution in [2.45, 2.75) is 19.4 Å². The highest BCUT2D eigenvalue weighted by Gasteiger charge is 2.16. The molecule has 2 heterocycles. The number of anilines is 1. The van der Waals surface area contributed by atoms with E-state index in [4.69, 9.17) is 19.6 Å². The normalized spacial score (nSPS) is 26.0. The van der Waals surface area contributed by atoms with Crippen molar-refractivity contribution in [2.75, 3.05) is 31.0 Å². The topological polar surface area (TPSA) is 91.1 Å². The second-order valence-electron chi connectivity index (χ2n) is 6.94. The number of aromatic nitrogens is 2. The van der Waals surface area contributed by atoms with Gasteiger partial charge >= 0.3 is 0 Å². The molecule has 1 aliphatic rings. The van der Waals surface area contributed by atoms with Crippen molar-refractivity contribution < 1.29 is 19.1 Å². The molecule has 0 aliphatic carbocycles. The highest BCUT2D eigenvalue weighted by Crippen LogP contribution is 2.21. The van der Waals surface area contributed by atoms with Gasteiger partial charge in [-0.1, -0.05) is 24.3 Å². The second kappa shape index (κ2) is 10.0. The van der Waals surface area contributed by atoms with Gasteiger partial charge in [-0.25, -0.2) is 9.97 Å². The summed E-state index contributed by atoms with van der Waals surface area (Å²) in [4.78, 5) is 21.5. The van der Waals surface area contributed by atoms with Crippen LogP contribution in [0.1, 0.15) is 38.3 Å². The number of benzene rings is 2. The molecule has 1 unspecified atom stereocenters. The molecule has 1 aromatic heterocycles. The van der Waals surface area contributed by atoms with Gasteiger partial charge in [0.2, 0.25) is 0 Å². The number of hydrogen-bond acceptors (Lipinski definition) is 6. The molecule has 162 valence electrons. The van der Waals surface area contributed by atoms with Crippen LogP contribution in [0.25, 0.3) is 11.3 Å². The first kappa shape index (κ1) is 14.3. The third-order valence-electron chi connectivity index (χ3n) is 4.66. The second-order valence-corrected chi connectivity index (χ2v) is 6.94. The Balaban J connectivity index is 1.54. The number of nitrogens with zero attached hydrogens (tertiary/aromatic N) is 4. The number of carbonyl (C=O) groups is 1. The number of nitriles is 1. The summed E-state index contributed by atoms with van der Waals surface area (Å²) in [6.45, 7) is -7.55. The Morgan fingerprint density at radius 1 is 1.28 bits per heavy atom. The molecule has 1 fully saturated rings. The molecule has 32 heavy (non-hydrogen) atoms. The Morgan fingerprint density at radius 2 is 2.06 bits per heavy atom. The summed E-state index contributed by atoms with van der Waals surface area (Å²) in [6, 6.07) is 16.5. The Bertz CT molecular complexity index is 1380. The van der Waals surface area contributed by atoms with Gasteiger partial charge in [-0.3, -0.25) is 4.79 Å².